The van der Waals surface area contributed by atoms with E-state index >= 15 is 0 Å². The van der Waals surface area contributed by atoms with E-state index in [4.69, 9.17) is 4.42 Å². The zero-order chi connectivity index (χ0) is 14.8. The van der Waals surface area contributed by atoms with Crippen molar-refractivity contribution in [3.05, 3.63) is 39.1 Å². The van der Waals surface area contributed by atoms with Crippen molar-refractivity contribution in [2.24, 2.45) is 5.92 Å². The van der Waals surface area contributed by atoms with E-state index in [0.29, 0.717) is 5.92 Å². The number of hydrogen-bond donors (Lipinski definition) is 1. The van der Waals surface area contributed by atoms with Gasteiger partial charge in [-0.25, -0.2) is 4.98 Å². The maximum atomic E-state index is 5.87. The number of thiazole rings is 1. The maximum absolute atomic E-state index is 5.87. The molecule has 0 saturated heterocycles. The van der Waals surface area contributed by atoms with Crippen LogP contribution >= 0.6 is 27.3 Å². The highest BCUT2D eigenvalue weighted by molar-refractivity contribution is 9.10. The quantitative estimate of drug-likeness (QED) is 0.686. The third kappa shape index (κ3) is 3.54. The highest BCUT2D eigenvalue weighted by Gasteiger charge is 2.10. The molecule has 0 aliphatic rings. The van der Waals surface area contributed by atoms with Gasteiger partial charge in [0.15, 0.2) is 5.76 Å². The van der Waals surface area contributed by atoms with Crippen molar-refractivity contribution >= 4 is 38.2 Å². The van der Waals surface area contributed by atoms with Crippen molar-refractivity contribution in [1.82, 2.24) is 10.3 Å². The average Bonchev–Trinajstić information content (AvgIpc) is 3.03. The van der Waals surface area contributed by atoms with E-state index in [9.17, 15) is 0 Å². The van der Waals surface area contributed by atoms with Crippen LogP contribution in [0.5, 0.6) is 0 Å². The minimum Gasteiger partial charge on any atom is -0.454 e. The molecule has 5 heteroatoms. The fourth-order valence-corrected chi connectivity index (χ4v) is 3.25. The number of furan rings is 1. The first-order chi connectivity index (χ1) is 10.1. The topological polar surface area (TPSA) is 38.1 Å². The van der Waals surface area contributed by atoms with Gasteiger partial charge in [-0.05, 0) is 36.7 Å². The molecule has 0 amide bonds. The van der Waals surface area contributed by atoms with Gasteiger partial charge in [-0.2, -0.15) is 0 Å². The summed E-state index contributed by atoms with van der Waals surface area (Å²) >= 11 is 5.14. The minimum atomic E-state index is 0.651. The number of nitrogens with zero attached hydrogens (tertiary/aromatic N) is 1. The first-order valence-electron chi connectivity index (χ1n) is 6.96. The summed E-state index contributed by atoms with van der Waals surface area (Å²) in [7, 11) is 0. The van der Waals surface area contributed by atoms with Crippen LogP contribution in [0.2, 0.25) is 0 Å². The van der Waals surface area contributed by atoms with Crippen LogP contribution < -0.4 is 5.32 Å². The molecule has 0 aliphatic heterocycles. The molecule has 0 unspecified atom stereocenters. The molecular weight excluding hydrogens is 348 g/mol. The van der Waals surface area contributed by atoms with Gasteiger partial charge < -0.3 is 9.73 Å². The molecule has 0 bridgehead atoms. The molecule has 0 radical (unpaired) electrons. The fourth-order valence-electron chi connectivity index (χ4n) is 2.11. The average molecular weight is 365 g/mol. The van der Waals surface area contributed by atoms with E-state index in [1.807, 2.05) is 18.2 Å². The van der Waals surface area contributed by atoms with Gasteiger partial charge in [0.25, 0.3) is 0 Å². The zero-order valence-corrected chi connectivity index (χ0v) is 14.4. The third-order valence-electron chi connectivity index (χ3n) is 3.11. The van der Waals surface area contributed by atoms with Crippen molar-refractivity contribution in [3.8, 4) is 11.5 Å². The Morgan fingerprint density at radius 2 is 2.19 bits per heavy atom. The molecular formula is C16H17BrN2OS. The predicted molar refractivity (Wildman–Crippen MR) is 91.6 cm³/mol. The number of hydrogen-bond acceptors (Lipinski definition) is 4. The van der Waals surface area contributed by atoms with E-state index in [-0.39, 0.29) is 0 Å². The number of nitrogens with one attached hydrogen (secondary N) is 1. The molecule has 2 heterocycles. The van der Waals surface area contributed by atoms with Gasteiger partial charge in [-0.3, -0.25) is 0 Å². The summed E-state index contributed by atoms with van der Waals surface area (Å²) in [6, 6.07) is 8.05. The molecule has 3 rings (SSSR count). The van der Waals surface area contributed by atoms with Crippen LogP contribution in [-0.4, -0.2) is 11.5 Å². The molecule has 1 aromatic carbocycles. The van der Waals surface area contributed by atoms with Crippen LogP contribution in [-0.2, 0) is 6.54 Å². The molecule has 21 heavy (non-hydrogen) atoms. The van der Waals surface area contributed by atoms with Crippen LogP contribution in [0.25, 0.3) is 22.4 Å². The largest absolute Gasteiger partial charge is 0.454 e. The van der Waals surface area contributed by atoms with Crippen molar-refractivity contribution in [2.75, 3.05) is 6.54 Å². The number of rotatable bonds is 5. The van der Waals surface area contributed by atoms with Gasteiger partial charge >= 0.3 is 0 Å². The maximum Gasteiger partial charge on any atom is 0.154 e. The molecule has 2 aromatic heterocycles. The Balaban J connectivity index is 1.78. The standard InChI is InChI=1S/C16H17BrN2OS/c1-10(2)7-18-8-16-19-13(9-21-16)15-6-11-5-12(17)3-4-14(11)20-15/h3-6,9-10,18H,7-8H2,1-2H3. The molecule has 0 fully saturated rings. The monoisotopic (exact) mass is 364 g/mol. The number of fused-ring (bicyclic) bond motifs is 1. The predicted octanol–water partition coefficient (Wildman–Crippen LogP) is 5.06. The summed E-state index contributed by atoms with van der Waals surface area (Å²) in [6.07, 6.45) is 0. The van der Waals surface area contributed by atoms with Crippen LogP contribution in [0.15, 0.2) is 38.5 Å². The number of aromatic nitrogens is 1. The summed E-state index contributed by atoms with van der Waals surface area (Å²) in [5.74, 6) is 1.48. The van der Waals surface area contributed by atoms with E-state index < -0.39 is 0 Å². The van der Waals surface area contributed by atoms with Gasteiger partial charge in [-0.15, -0.1) is 11.3 Å². The number of halogens is 1. The minimum absolute atomic E-state index is 0.651. The van der Waals surface area contributed by atoms with Crippen LogP contribution in [0.3, 0.4) is 0 Å². The highest BCUT2D eigenvalue weighted by atomic mass is 79.9. The lowest BCUT2D eigenvalue weighted by Crippen LogP contribution is -2.18. The Labute approximate surface area is 136 Å². The lowest BCUT2D eigenvalue weighted by Gasteiger charge is -2.04. The van der Waals surface area contributed by atoms with Gasteiger partial charge in [0, 0.05) is 21.8 Å². The van der Waals surface area contributed by atoms with E-state index in [1.54, 1.807) is 11.3 Å². The van der Waals surface area contributed by atoms with Gasteiger partial charge in [0.2, 0.25) is 0 Å². The normalized spacial score (nSPS) is 11.6. The van der Waals surface area contributed by atoms with Crippen molar-refractivity contribution in [1.29, 1.82) is 0 Å². The second-order valence-electron chi connectivity index (χ2n) is 5.44. The number of benzene rings is 1. The van der Waals surface area contributed by atoms with Crippen molar-refractivity contribution in [2.45, 2.75) is 20.4 Å². The van der Waals surface area contributed by atoms with Gasteiger partial charge in [0.05, 0.1) is 0 Å². The molecule has 1 N–H and O–H groups in total. The molecule has 3 nitrogen and oxygen atoms in total. The summed E-state index contributed by atoms with van der Waals surface area (Å²) in [5.41, 5.74) is 1.80. The van der Waals surface area contributed by atoms with Crippen LogP contribution in [0, 0.1) is 5.92 Å². The second kappa shape index (κ2) is 6.30. The van der Waals surface area contributed by atoms with E-state index in [0.717, 1.165) is 45.0 Å². The molecule has 0 atom stereocenters. The summed E-state index contributed by atoms with van der Waals surface area (Å²) in [6.45, 7) is 6.22. The van der Waals surface area contributed by atoms with E-state index in [2.05, 4.69) is 51.5 Å². The third-order valence-corrected chi connectivity index (χ3v) is 4.45. The molecule has 0 spiro atoms. The van der Waals surface area contributed by atoms with Crippen LogP contribution in [0.1, 0.15) is 18.9 Å². The van der Waals surface area contributed by atoms with Crippen LogP contribution in [0.4, 0.5) is 0 Å². The first kappa shape index (κ1) is 14.8. The SMILES string of the molecule is CC(C)CNCc1nc(-c2cc3cc(Br)ccc3o2)cs1. The summed E-state index contributed by atoms with van der Waals surface area (Å²) in [4.78, 5) is 4.65. The lowest BCUT2D eigenvalue weighted by molar-refractivity contribution is 0.551. The Morgan fingerprint density at radius 3 is 3.00 bits per heavy atom. The van der Waals surface area contributed by atoms with Crippen molar-refractivity contribution < 1.29 is 4.42 Å². The molecule has 3 aromatic rings. The molecule has 0 aliphatic carbocycles. The molecule has 110 valence electrons. The lowest BCUT2D eigenvalue weighted by atomic mass is 10.2. The highest BCUT2D eigenvalue weighted by Crippen LogP contribution is 2.30. The second-order valence-corrected chi connectivity index (χ2v) is 7.30. The zero-order valence-electron chi connectivity index (χ0n) is 12.0. The first-order valence-corrected chi connectivity index (χ1v) is 8.63. The van der Waals surface area contributed by atoms with Crippen molar-refractivity contribution in [3.63, 3.8) is 0 Å². The van der Waals surface area contributed by atoms with Gasteiger partial charge in [0.1, 0.15) is 16.3 Å². The van der Waals surface area contributed by atoms with Gasteiger partial charge in [-0.1, -0.05) is 29.8 Å². The Hall–Kier alpha value is -1.17. The fraction of sp³-hybridized carbons (Fsp3) is 0.312. The Morgan fingerprint density at radius 1 is 1.33 bits per heavy atom. The summed E-state index contributed by atoms with van der Waals surface area (Å²) < 4.78 is 6.92. The Kier molecular flexibility index (Phi) is 4.42. The smallest absolute Gasteiger partial charge is 0.154 e. The molecule has 0 saturated carbocycles. The summed E-state index contributed by atoms with van der Waals surface area (Å²) in [5, 5.41) is 7.65. The Bertz CT molecular complexity index is 748. The van der Waals surface area contributed by atoms with E-state index in [1.165, 1.54) is 0 Å².